The number of morpholine rings is 1. The lowest BCUT2D eigenvalue weighted by molar-refractivity contribution is -0.0712. The molecule has 0 bridgehead atoms. The molecule has 0 N–H and O–H groups in total. The lowest BCUT2D eigenvalue weighted by atomic mass is 10.1. The Hall–Kier alpha value is -1.93. The third-order valence-corrected chi connectivity index (χ3v) is 5.22. The molecule has 150 valence electrons. The van der Waals surface area contributed by atoms with E-state index in [4.69, 9.17) is 9.72 Å². The van der Waals surface area contributed by atoms with Gasteiger partial charge in [0.25, 0.3) is 5.56 Å². The standard InChI is InChI=1S/C19H31N5O3/c1-12(2)7-8-24-15(11-23-9-13(3)27-14(4)10-23)20-17-16(24)18(25)22(6)19(26)21(17)5/h12-14H,7-11H2,1-6H3/t13-,14-/m1/s1. The SMILES string of the molecule is CC(C)CCn1c(CN2C[C@@H](C)O[C@H](C)C2)nc2c1c(=O)n(C)c(=O)n2C. The van der Waals surface area contributed by atoms with Gasteiger partial charge >= 0.3 is 5.69 Å². The van der Waals surface area contributed by atoms with E-state index in [1.165, 1.54) is 16.2 Å². The molecule has 3 heterocycles. The minimum atomic E-state index is -0.346. The van der Waals surface area contributed by atoms with E-state index < -0.39 is 0 Å². The molecule has 3 rings (SSSR count). The molecule has 0 aromatic carbocycles. The summed E-state index contributed by atoms with van der Waals surface area (Å²) in [6, 6.07) is 0. The molecule has 8 nitrogen and oxygen atoms in total. The molecule has 1 aliphatic heterocycles. The summed E-state index contributed by atoms with van der Waals surface area (Å²) in [5, 5.41) is 0. The highest BCUT2D eigenvalue weighted by molar-refractivity contribution is 5.71. The summed E-state index contributed by atoms with van der Waals surface area (Å²) < 4.78 is 10.5. The van der Waals surface area contributed by atoms with Crippen molar-refractivity contribution >= 4 is 11.2 Å². The quantitative estimate of drug-likeness (QED) is 0.780. The van der Waals surface area contributed by atoms with Crippen molar-refractivity contribution in [2.45, 2.75) is 59.4 Å². The number of fused-ring (bicyclic) bond motifs is 1. The highest BCUT2D eigenvalue weighted by Gasteiger charge is 2.25. The van der Waals surface area contributed by atoms with E-state index in [-0.39, 0.29) is 23.5 Å². The fraction of sp³-hybridized carbons (Fsp3) is 0.737. The van der Waals surface area contributed by atoms with E-state index in [9.17, 15) is 9.59 Å². The Labute approximate surface area is 159 Å². The van der Waals surface area contributed by atoms with Crippen LogP contribution in [0.15, 0.2) is 9.59 Å². The van der Waals surface area contributed by atoms with Gasteiger partial charge in [-0.25, -0.2) is 9.78 Å². The third-order valence-electron chi connectivity index (χ3n) is 5.22. The summed E-state index contributed by atoms with van der Waals surface area (Å²) >= 11 is 0. The first-order valence-corrected chi connectivity index (χ1v) is 9.72. The molecule has 2 aromatic rings. The maximum absolute atomic E-state index is 12.8. The van der Waals surface area contributed by atoms with E-state index in [0.29, 0.717) is 30.2 Å². The van der Waals surface area contributed by atoms with Gasteiger partial charge in [0.1, 0.15) is 5.82 Å². The zero-order valence-corrected chi connectivity index (χ0v) is 17.2. The van der Waals surface area contributed by atoms with Crippen LogP contribution >= 0.6 is 0 Å². The second kappa shape index (κ2) is 7.59. The molecule has 0 amide bonds. The minimum absolute atomic E-state index is 0.166. The van der Waals surface area contributed by atoms with Gasteiger partial charge in [0, 0.05) is 33.7 Å². The van der Waals surface area contributed by atoms with Crippen LogP contribution in [0.3, 0.4) is 0 Å². The van der Waals surface area contributed by atoms with Gasteiger partial charge in [-0.15, -0.1) is 0 Å². The Bertz CT molecular complexity index is 929. The van der Waals surface area contributed by atoms with Crippen LogP contribution in [-0.2, 0) is 31.9 Å². The van der Waals surface area contributed by atoms with Gasteiger partial charge < -0.3 is 9.30 Å². The lowest BCUT2D eigenvalue weighted by Gasteiger charge is -2.35. The Morgan fingerprint density at radius 1 is 1.11 bits per heavy atom. The molecule has 0 unspecified atom stereocenters. The fourth-order valence-electron chi connectivity index (χ4n) is 3.85. The number of ether oxygens (including phenoxy) is 1. The van der Waals surface area contributed by atoms with E-state index in [0.717, 1.165) is 25.3 Å². The molecule has 0 radical (unpaired) electrons. The highest BCUT2D eigenvalue weighted by atomic mass is 16.5. The maximum atomic E-state index is 12.8. The number of aromatic nitrogens is 4. The van der Waals surface area contributed by atoms with Crippen LogP contribution in [0.5, 0.6) is 0 Å². The van der Waals surface area contributed by atoms with Gasteiger partial charge in [0.15, 0.2) is 11.2 Å². The average molecular weight is 377 g/mol. The van der Waals surface area contributed by atoms with Crippen molar-refractivity contribution in [1.29, 1.82) is 0 Å². The number of nitrogens with zero attached hydrogens (tertiary/aromatic N) is 5. The summed E-state index contributed by atoms with van der Waals surface area (Å²) in [6.07, 6.45) is 1.28. The van der Waals surface area contributed by atoms with Crippen molar-refractivity contribution < 1.29 is 4.74 Å². The Morgan fingerprint density at radius 2 is 1.74 bits per heavy atom. The molecular weight excluding hydrogens is 346 g/mol. The van der Waals surface area contributed by atoms with E-state index in [1.807, 2.05) is 4.57 Å². The monoisotopic (exact) mass is 377 g/mol. The zero-order chi connectivity index (χ0) is 19.9. The second-order valence-electron chi connectivity index (χ2n) is 8.19. The number of rotatable bonds is 5. The van der Waals surface area contributed by atoms with Crippen molar-refractivity contribution in [3.63, 3.8) is 0 Å². The number of aryl methyl sites for hydroxylation is 2. The summed E-state index contributed by atoms with van der Waals surface area (Å²) in [7, 11) is 3.20. The van der Waals surface area contributed by atoms with E-state index in [2.05, 4.69) is 32.6 Å². The smallest absolute Gasteiger partial charge is 0.332 e. The van der Waals surface area contributed by atoms with Crippen molar-refractivity contribution in [3.05, 3.63) is 26.7 Å². The van der Waals surface area contributed by atoms with Crippen LogP contribution in [0.1, 0.15) is 39.9 Å². The van der Waals surface area contributed by atoms with Gasteiger partial charge in [-0.3, -0.25) is 18.8 Å². The molecule has 1 saturated heterocycles. The van der Waals surface area contributed by atoms with Crippen molar-refractivity contribution in [2.24, 2.45) is 20.0 Å². The Balaban J connectivity index is 2.09. The number of hydrogen-bond donors (Lipinski definition) is 0. The molecular formula is C19H31N5O3. The van der Waals surface area contributed by atoms with Gasteiger partial charge in [-0.2, -0.15) is 0 Å². The first kappa shape index (κ1) is 19.8. The Kier molecular flexibility index (Phi) is 5.58. The number of hydrogen-bond acceptors (Lipinski definition) is 5. The molecule has 2 aromatic heterocycles. The van der Waals surface area contributed by atoms with Crippen LogP contribution in [-0.4, -0.2) is 48.9 Å². The summed E-state index contributed by atoms with van der Waals surface area (Å²) in [6.45, 7) is 11.5. The van der Waals surface area contributed by atoms with Crippen LogP contribution in [0, 0.1) is 5.92 Å². The first-order chi connectivity index (χ1) is 12.7. The molecule has 1 aliphatic rings. The van der Waals surface area contributed by atoms with Gasteiger partial charge in [0.2, 0.25) is 0 Å². The molecule has 8 heteroatoms. The molecule has 0 aliphatic carbocycles. The lowest BCUT2D eigenvalue weighted by Crippen LogP contribution is -2.45. The normalized spacial score (nSPS) is 21.4. The Morgan fingerprint density at radius 3 is 2.33 bits per heavy atom. The minimum Gasteiger partial charge on any atom is -0.373 e. The molecule has 0 spiro atoms. The summed E-state index contributed by atoms with van der Waals surface area (Å²) in [5.41, 5.74) is 0.362. The predicted octanol–water partition coefficient (Wildman–Crippen LogP) is 1.09. The third kappa shape index (κ3) is 3.87. The van der Waals surface area contributed by atoms with E-state index in [1.54, 1.807) is 7.05 Å². The van der Waals surface area contributed by atoms with Crippen LogP contribution in [0.2, 0.25) is 0 Å². The summed E-state index contributed by atoms with van der Waals surface area (Å²) in [4.78, 5) is 32.2. The predicted molar refractivity (Wildman–Crippen MR) is 105 cm³/mol. The van der Waals surface area contributed by atoms with Gasteiger partial charge in [-0.1, -0.05) is 13.8 Å². The van der Waals surface area contributed by atoms with Crippen molar-refractivity contribution in [1.82, 2.24) is 23.6 Å². The molecule has 1 fully saturated rings. The largest absolute Gasteiger partial charge is 0.373 e. The van der Waals surface area contributed by atoms with Gasteiger partial charge in [-0.05, 0) is 26.2 Å². The van der Waals surface area contributed by atoms with Crippen molar-refractivity contribution in [2.75, 3.05) is 13.1 Å². The van der Waals surface area contributed by atoms with Gasteiger partial charge in [0.05, 0.1) is 18.8 Å². The number of imidazole rings is 1. The zero-order valence-electron chi connectivity index (χ0n) is 17.2. The van der Waals surface area contributed by atoms with Crippen molar-refractivity contribution in [3.8, 4) is 0 Å². The summed E-state index contributed by atoms with van der Waals surface area (Å²) in [5.74, 6) is 1.35. The average Bonchev–Trinajstić information content (AvgIpc) is 2.93. The molecule has 0 saturated carbocycles. The van der Waals surface area contributed by atoms with E-state index >= 15 is 0 Å². The highest BCUT2D eigenvalue weighted by Crippen LogP contribution is 2.18. The topological polar surface area (TPSA) is 74.3 Å². The molecule has 2 atom stereocenters. The molecule has 27 heavy (non-hydrogen) atoms. The maximum Gasteiger partial charge on any atom is 0.332 e. The second-order valence-corrected chi connectivity index (χ2v) is 8.19. The van der Waals surface area contributed by atoms with Crippen LogP contribution in [0.4, 0.5) is 0 Å². The van der Waals surface area contributed by atoms with Crippen LogP contribution < -0.4 is 11.2 Å². The fourth-order valence-corrected chi connectivity index (χ4v) is 3.85. The first-order valence-electron chi connectivity index (χ1n) is 9.72. The van der Waals surface area contributed by atoms with Crippen LogP contribution in [0.25, 0.3) is 11.2 Å².